The Morgan fingerprint density at radius 2 is 1.43 bits per heavy atom. The highest BCUT2D eigenvalue weighted by atomic mass is 19.2. The van der Waals surface area contributed by atoms with Crippen molar-refractivity contribution >= 4 is 0 Å². The zero-order valence-electron chi connectivity index (χ0n) is 13.2. The molecule has 0 spiro atoms. The van der Waals surface area contributed by atoms with Crippen LogP contribution in [0.2, 0.25) is 0 Å². The molecule has 0 atom stereocenters. The average Bonchev–Trinajstić information content (AvgIpc) is 2.56. The van der Waals surface area contributed by atoms with E-state index in [0.29, 0.717) is 0 Å². The van der Waals surface area contributed by atoms with Crippen molar-refractivity contribution < 1.29 is 17.9 Å². The van der Waals surface area contributed by atoms with Gasteiger partial charge in [0, 0.05) is 0 Å². The van der Waals surface area contributed by atoms with E-state index in [2.05, 4.69) is 6.92 Å². The number of hydrogen-bond donors (Lipinski definition) is 0. The fraction of sp³-hybridized carbons (Fsp3) is 0.368. The zero-order valence-corrected chi connectivity index (χ0v) is 13.2. The van der Waals surface area contributed by atoms with E-state index in [1.807, 2.05) is 12.1 Å². The Morgan fingerprint density at radius 1 is 0.783 bits per heavy atom. The fourth-order valence-electron chi connectivity index (χ4n) is 2.38. The second-order valence-corrected chi connectivity index (χ2v) is 5.58. The number of rotatable bonds is 8. The van der Waals surface area contributed by atoms with Gasteiger partial charge in [-0.3, -0.25) is 0 Å². The van der Waals surface area contributed by atoms with Crippen molar-refractivity contribution in [2.75, 3.05) is 0 Å². The topological polar surface area (TPSA) is 9.23 Å². The highest BCUT2D eigenvalue weighted by Gasteiger charge is 2.16. The summed E-state index contributed by atoms with van der Waals surface area (Å²) in [5.41, 5.74) is 1.15. The first-order chi connectivity index (χ1) is 11.1. The summed E-state index contributed by atoms with van der Waals surface area (Å²) in [5.74, 6) is -3.81. The lowest BCUT2D eigenvalue weighted by molar-refractivity contribution is 0.386. The van der Waals surface area contributed by atoms with E-state index >= 15 is 0 Å². The molecule has 0 radical (unpaired) electrons. The van der Waals surface area contributed by atoms with Gasteiger partial charge >= 0.3 is 0 Å². The Hall–Kier alpha value is -1.97. The molecule has 0 fully saturated rings. The minimum Gasteiger partial charge on any atom is -0.451 e. The third-order valence-corrected chi connectivity index (χ3v) is 3.71. The van der Waals surface area contributed by atoms with E-state index in [0.717, 1.165) is 30.5 Å². The van der Waals surface area contributed by atoms with Crippen LogP contribution in [-0.2, 0) is 6.42 Å². The van der Waals surface area contributed by atoms with Crippen LogP contribution in [0.25, 0.3) is 0 Å². The summed E-state index contributed by atoms with van der Waals surface area (Å²) in [6, 6.07) is 8.60. The maximum atomic E-state index is 13.6. The molecule has 0 saturated carbocycles. The summed E-state index contributed by atoms with van der Waals surface area (Å²) in [4.78, 5) is 0. The molecule has 0 bridgehead atoms. The summed E-state index contributed by atoms with van der Waals surface area (Å²) >= 11 is 0. The highest BCUT2D eigenvalue weighted by Crippen LogP contribution is 2.29. The molecule has 0 aromatic heterocycles. The van der Waals surface area contributed by atoms with Crippen LogP contribution in [0, 0.1) is 17.5 Å². The number of unbranched alkanes of at least 4 members (excludes halogenated alkanes) is 4. The molecular formula is C19H21F3O. The molecule has 0 aliphatic rings. The van der Waals surface area contributed by atoms with E-state index in [9.17, 15) is 13.2 Å². The third kappa shape index (κ3) is 5.02. The van der Waals surface area contributed by atoms with Gasteiger partial charge in [-0.05, 0) is 42.7 Å². The molecule has 1 nitrogen and oxygen atoms in total. The van der Waals surface area contributed by atoms with Gasteiger partial charge in [-0.25, -0.2) is 8.78 Å². The van der Waals surface area contributed by atoms with Crippen LogP contribution in [0.15, 0.2) is 36.4 Å². The number of halogens is 3. The second kappa shape index (κ2) is 8.61. The minimum atomic E-state index is -1.31. The number of ether oxygens (including phenoxy) is 1. The van der Waals surface area contributed by atoms with Crippen LogP contribution in [0.3, 0.4) is 0 Å². The molecule has 2 aromatic rings. The lowest BCUT2D eigenvalue weighted by atomic mass is 10.1. The standard InChI is InChI=1S/C19H21F3O/c1-2-3-4-5-6-7-14-8-10-15(11-9-14)23-19-17(21)13-12-16(20)18(19)22/h8-13H,2-7H2,1H3. The van der Waals surface area contributed by atoms with Gasteiger partial charge in [-0.2, -0.15) is 4.39 Å². The smallest absolute Gasteiger partial charge is 0.204 e. The van der Waals surface area contributed by atoms with Crippen molar-refractivity contribution in [3.8, 4) is 11.5 Å². The van der Waals surface area contributed by atoms with Crippen LogP contribution < -0.4 is 4.74 Å². The molecule has 0 amide bonds. The van der Waals surface area contributed by atoms with Gasteiger partial charge in [-0.15, -0.1) is 0 Å². The lowest BCUT2D eigenvalue weighted by Crippen LogP contribution is -1.96. The molecule has 0 saturated heterocycles. The fourth-order valence-corrected chi connectivity index (χ4v) is 2.38. The predicted octanol–water partition coefficient (Wildman–Crippen LogP) is 6.41. The van der Waals surface area contributed by atoms with E-state index in [1.165, 1.54) is 25.7 Å². The lowest BCUT2D eigenvalue weighted by Gasteiger charge is -2.09. The molecule has 0 heterocycles. The van der Waals surface area contributed by atoms with Gasteiger partial charge in [0.1, 0.15) is 5.75 Å². The molecule has 4 heteroatoms. The molecule has 0 aliphatic heterocycles. The summed E-state index contributed by atoms with van der Waals surface area (Å²) in [6.07, 6.45) is 7.01. The molecule has 0 N–H and O–H groups in total. The van der Waals surface area contributed by atoms with Crippen molar-refractivity contribution in [2.45, 2.75) is 45.4 Å². The monoisotopic (exact) mass is 322 g/mol. The second-order valence-electron chi connectivity index (χ2n) is 5.58. The van der Waals surface area contributed by atoms with Crippen LogP contribution in [-0.4, -0.2) is 0 Å². The van der Waals surface area contributed by atoms with E-state index in [1.54, 1.807) is 12.1 Å². The van der Waals surface area contributed by atoms with Crippen molar-refractivity contribution in [2.24, 2.45) is 0 Å². The number of hydrogen-bond acceptors (Lipinski definition) is 1. The normalized spacial score (nSPS) is 10.8. The van der Waals surface area contributed by atoms with Gasteiger partial charge in [-0.1, -0.05) is 44.7 Å². The molecule has 0 aliphatic carbocycles. The van der Waals surface area contributed by atoms with E-state index in [4.69, 9.17) is 4.74 Å². The van der Waals surface area contributed by atoms with Gasteiger partial charge in [0.15, 0.2) is 11.6 Å². The Morgan fingerprint density at radius 3 is 2.13 bits per heavy atom. The minimum absolute atomic E-state index is 0.281. The van der Waals surface area contributed by atoms with Crippen LogP contribution in [0.1, 0.15) is 44.6 Å². The van der Waals surface area contributed by atoms with Gasteiger partial charge in [0.25, 0.3) is 0 Å². The van der Waals surface area contributed by atoms with Crippen molar-refractivity contribution in [3.63, 3.8) is 0 Å². The SMILES string of the molecule is CCCCCCCc1ccc(Oc2c(F)ccc(F)c2F)cc1. The van der Waals surface area contributed by atoms with Crippen LogP contribution >= 0.6 is 0 Å². The van der Waals surface area contributed by atoms with Crippen LogP contribution in [0.4, 0.5) is 13.2 Å². The summed E-state index contributed by atoms with van der Waals surface area (Å²) < 4.78 is 45.4. The van der Waals surface area contributed by atoms with E-state index in [-0.39, 0.29) is 5.75 Å². The molecular weight excluding hydrogens is 301 g/mol. The molecule has 0 unspecified atom stereocenters. The maximum Gasteiger partial charge on any atom is 0.204 e. The molecule has 2 rings (SSSR count). The number of aryl methyl sites for hydroxylation is 1. The quantitative estimate of drug-likeness (QED) is 0.403. The van der Waals surface area contributed by atoms with Gasteiger partial charge < -0.3 is 4.74 Å². The molecule has 124 valence electrons. The average molecular weight is 322 g/mol. The third-order valence-electron chi connectivity index (χ3n) is 3.71. The van der Waals surface area contributed by atoms with Crippen molar-refractivity contribution in [1.29, 1.82) is 0 Å². The predicted molar refractivity (Wildman–Crippen MR) is 85.3 cm³/mol. The first-order valence-electron chi connectivity index (χ1n) is 8.02. The largest absolute Gasteiger partial charge is 0.451 e. The first kappa shape index (κ1) is 17.4. The summed E-state index contributed by atoms with van der Waals surface area (Å²) in [5, 5.41) is 0. The van der Waals surface area contributed by atoms with Crippen molar-refractivity contribution in [3.05, 3.63) is 59.4 Å². The van der Waals surface area contributed by atoms with Gasteiger partial charge in [0.2, 0.25) is 11.6 Å². The Labute approximate surface area is 135 Å². The molecule has 23 heavy (non-hydrogen) atoms. The van der Waals surface area contributed by atoms with E-state index < -0.39 is 23.2 Å². The summed E-state index contributed by atoms with van der Waals surface area (Å²) in [7, 11) is 0. The van der Waals surface area contributed by atoms with Crippen molar-refractivity contribution in [1.82, 2.24) is 0 Å². The Kier molecular flexibility index (Phi) is 6.51. The Bertz CT molecular complexity index is 623. The number of benzene rings is 2. The highest BCUT2D eigenvalue weighted by molar-refractivity contribution is 5.35. The van der Waals surface area contributed by atoms with Gasteiger partial charge in [0.05, 0.1) is 0 Å². The summed E-state index contributed by atoms with van der Waals surface area (Å²) in [6.45, 7) is 2.18. The molecule has 2 aromatic carbocycles. The maximum absolute atomic E-state index is 13.6. The van der Waals surface area contributed by atoms with Crippen LogP contribution in [0.5, 0.6) is 11.5 Å². The Balaban J connectivity index is 1.94. The zero-order chi connectivity index (χ0) is 16.7. The first-order valence-corrected chi connectivity index (χ1v) is 8.02.